The second-order valence-corrected chi connectivity index (χ2v) is 8.69. The molecule has 0 saturated carbocycles. The first-order valence-corrected chi connectivity index (χ1v) is 11.5. The second kappa shape index (κ2) is 9.43. The highest BCUT2D eigenvalue weighted by molar-refractivity contribution is 7.21. The van der Waals surface area contributed by atoms with Gasteiger partial charge in [-0.25, -0.2) is 15.2 Å². The summed E-state index contributed by atoms with van der Waals surface area (Å²) in [4.78, 5) is 30.0. The van der Waals surface area contributed by atoms with E-state index >= 15 is 0 Å². The van der Waals surface area contributed by atoms with Crippen LogP contribution < -0.4 is 10.2 Å². The molecule has 0 spiro atoms. The molecule has 0 aliphatic rings. The normalized spacial score (nSPS) is 11.2. The molecule has 5 rings (SSSR count). The van der Waals surface area contributed by atoms with Gasteiger partial charge in [0.15, 0.2) is 0 Å². The molecule has 0 unspecified atom stereocenters. The lowest BCUT2D eigenvalue weighted by Gasteiger charge is -2.06. The van der Waals surface area contributed by atoms with Crippen LogP contribution in [-0.2, 0) is 0 Å². The van der Waals surface area contributed by atoms with E-state index in [0.717, 1.165) is 21.0 Å². The number of thiophene rings is 1. The van der Waals surface area contributed by atoms with Crippen LogP contribution in [0.25, 0.3) is 21.0 Å². The number of amides is 1. The highest BCUT2D eigenvalue weighted by Gasteiger charge is 2.19. The third-order valence-corrected chi connectivity index (χ3v) is 6.70. The van der Waals surface area contributed by atoms with Crippen molar-refractivity contribution >= 4 is 62.0 Å². The molecular formula is C26H16ClN3O3S. The van der Waals surface area contributed by atoms with E-state index in [1.165, 1.54) is 17.6 Å². The topological polar surface area (TPSA) is 80.6 Å². The molecule has 0 aliphatic carbocycles. The average Bonchev–Trinajstić information content (AvgIpc) is 3.21. The van der Waals surface area contributed by atoms with Crippen molar-refractivity contribution in [3.8, 4) is 5.75 Å². The number of para-hydroxylation sites is 2. The van der Waals surface area contributed by atoms with E-state index in [1.54, 1.807) is 30.3 Å². The van der Waals surface area contributed by atoms with Gasteiger partial charge in [-0.3, -0.25) is 4.79 Å². The van der Waals surface area contributed by atoms with Gasteiger partial charge in [-0.2, -0.15) is 5.10 Å². The Bertz CT molecular complexity index is 1580. The van der Waals surface area contributed by atoms with Gasteiger partial charge in [-0.1, -0.05) is 66.2 Å². The van der Waals surface area contributed by atoms with Crippen molar-refractivity contribution < 1.29 is 14.3 Å². The van der Waals surface area contributed by atoms with Crippen molar-refractivity contribution in [1.82, 2.24) is 10.4 Å². The third kappa shape index (κ3) is 4.39. The first-order chi connectivity index (χ1) is 16.6. The van der Waals surface area contributed by atoms with E-state index in [4.69, 9.17) is 16.3 Å². The van der Waals surface area contributed by atoms with Crippen LogP contribution in [0.2, 0.25) is 5.02 Å². The van der Waals surface area contributed by atoms with Crippen molar-refractivity contribution in [3.05, 3.63) is 106 Å². The van der Waals surface area contributed by atoms with Gasteiger partial charge in [0.05, 0.1) is 16.8 Å². The van der Waals surface area contributed by atoms with Gasteiger partial charge >= 0.3 is 5.97 Å². The molecule has 1 N–H and O–H groups in total. The van der Waals surface area contributed by atoms with Crippen molar-refractivity contribution in [2.24, 2.45) is 5.10 Å². The molecular weight excluding hydrogens is 470 g/mol. The molecule has 34 heavy (non-hydrogen) atoms. The summed E-state index contributed by atoms with van der Waals surface area (Å²) in [7, 11) is 0. The summed E-state index contributed by atoms with van der Waals surface area (Å²) >= 11 is 7.67. The number of hydrogen-bond acceptors (Lipinski definition) is 6. The monoisotopic (exact) mass is 485 g/mol. The van der Waals surface area contributed by atoms with Gasteiger partial charge < -0.3 is 4.74 Å². The van der Waals surface area contributed by atoms with Crippen LogP contribution in [0.1, 0.15) is 25.7 Å². The number of nitrogens with zero attached hydrogens (tertiary/aromatic N) is 2. The Hall–Kier alpha value is -4.07. The number of carbonyl (C=O) groups is 2. The van der Waals surface area contributed by atoms with Gasteiger partial charge in [0.1, 0.15) is 16.3 Å². The molecule has 0 radical (unpaired) electrons. The highest BCUT2D eigenvalue weighted by Crippen LogP contribution is 2.36. The molecule has 166 valence electrons. The van der Waals surface area contributed by atoms with Gasteiger partial charge in [-0.15, -0.1) is 11.3 Å². The molecule has 1 amide bonds. The predicted molar refractivity (Wildman–Crippen MR) is 135 cm³/mol. The summed E-state index contributed by atoms with van der Waals surface area (Å²) in [5, 5.41) is 6.13. The molecule has 3 aromatic carbocycles. The number of hydrogen-bond donors (Lipinski definition) is 1. The Morgan fingerprint density at radius 2 is 1.71 bits per heavy atom. The summed E-state index contributed by atoms with van der Waals surface area (Å²) in [6.45, 7) is 0. The Morgan fingerprint density at radius 1 is 0.941 bits per heavy atom. The second-order valence-electron chi connectivity index (χ2n) is 7.26. The Labute approximate surface area is 203 Å². The van der Waals surface area contributed by atoms with Crippen LogP contribution in [0.4, 0.5) is 0 Å². The maximum atomic E-state index is 12.8. The number of hydrazone groups is 1. The summed E-state index contributed by atoms with van der Waals surface area (Å²) in [6.07, 6.45) is 1.41. The molecule has 2 heterocycles. The molecule has 0 fully saturated rings. The van der Waals surface area contributed by atoms with Crippen LogP contribution in [-0.4, -0.2) is 23.1 Å². The summed E-state index contributed by atoms with van der Waals surface area (Å²) < 4.78 is 6.51. The number of benzene rings is 3. The number of pyridine rings is 1. The summed E-state index contributed by atoms with van der Waals surface area (Å²) in [6, 6.07) is 25.4. The Kier molecular flexibility index (Phi) is 6.03. The fraction of sp³-hybridized carbons (Fsp3) is 0. The Morgan fingerprint density at radius 3 is 2.59 bits per heavy atom. The van der Waals surface area contributed by atoms with Gasteiger partial charge in [0.2, 0.25) is 0 Å². The molecule has 0 bridgehead atoms. The average molecular weight is 486 g/mol. The summed E-state index contributed by atoms with van der Waals surface area (Å²) in [5.41, 5.74) is 3.94. The molecule has 6 nitrogen and oxygen atoms in total. The number of esters is 1. The van der Waals surface area contributed by atoms with E-state index < -0.39 is 11.9 Å². The zero-order valence-electron chi connectivity index (χ0n) is 17.6. The van der Waals surface area contributed by atoms with Crippen molar-refractivity contribution in [2.45, 2.75) is 0 Å². The standard InChI is InChI=1S/C26H16ClN3O3S/c27-23-18-9-3-6-12-22(18)34-24(23)26(32)33-21-11-5-2-8-17(21)15-28-30-25(31)20-14-13-16-7-1-4-10-19(16)29-20/h1-15H,(H,30,31)/b28-15-. The maximum Gasteiger partial charge on any atom is 0.355 e. The van der Waals surface area contributed by atoms with Crippen LogP contribution in [0.3, 0.4) is 0 Å². The van der Waals surface area contributed by atoms with Crippen molar-refractivity contribution in [3.63, 3.8) is 0 Å². The highest BCUT2D eigenvalue weighted by atomic mass is 35.5. The van der Waals surface area contributed by atoms with Crippen molar-refractivity contribution in [1.29, 1.82) is 0 Å². The quantitative estimate of drug-likeness (QED) is 0.141. The van der Waals surface area contributed by atoms with E-state index in [-0.39, 0.29) is 5.69 Å². The van der Waals surface area contributed by atoms with Gasteiger partial charge in [-0.05, 0) is 30.3 Å². The lowest BCUT2D eigenvalue weighted by molar-refractivity contribution is 0.0739. The lowest BCUT2D eigenvalue weighted by Crippen LogP contribution is -2.19. The zero-order chi connectivity index (χ0) is 23.5. The fourth-order valence-corrected chi connectivity index (χ4v) is 4.77. The number of ether oxygens (including phenoxy) is 1. The molecule has 2 aromatic heterocycles. The number of carbonyl (C=O) groups excluding carboxylic acids is 2. The number of nitrogens with one attached hydrogen (secondary N) is 1. The van der Waals surface area contributed by atoms with Crippen LogP contribution in [0.15, 0.2) is 90.0 Å². The van der Waals surface area contributed by atoms with Crippen molar-refractivity contribution in [2.75, 3.05) is 0 Å². The maximum absolute atomic E-state index is 12.8. The number of rotatable bonds is 5. The van der Waals surface area contributed by atoms with Crippen LogP contribution in [0.5, 0.6) is 5.75 Å². The van der Waals surface area contributed by atoms with E-state index in [1.807, 2.05) is 54.6 Å². The fourth-order valence-electron chi connectivity index (χ4n) is 3.38. The van der Waals surface area contributed by atoms with Gasteiger partial charge in [0.25, 0.3) is 5.91 Å². The number of fused-ring (bicyclic) bond motifs is 2. The lowest BCUT2D eigenvalue weighted by atomic mass is 10.2. The molecule has 0 aliphatic heterocycles. The zero-order valence-corrected chi connectivity index (χ0v) is 19.1. The number of halogens is 1. The summed E-state index contributed by atoms with van der Waals surface area (Å²) in [5.74, 6) is -0.715. The Balaban J connectivity index is 1.31. The van der Waals surface area contributed by atoms with Crippen LogP contribution in [0, 0.1) is 0 Å². The molecule has 0 saturated heterocycles. The van der Waals surface area contributed by atoms with E-state index in [9.17, 15) is 9.59 Å². The first-order valence-electron chi connectivity index (χ1n) is 10.3. The molecule has 8 heteroatoms. The third-order valence-electron chi connectivity index (χ3n) is 5.04. The van der Waals surface area contributed by atoms with Crippen LogP contribution >= 0.6 is 22.9 Å². The number of aromatic nitrogens is 1. The van der Waals surface area contributed by atoms with E-state index in [0.29, 0.717) is 21.2 Å². The first kappa shape index (κ1) is 21.8. The smallest absolute Gasteiger partial charge is 0.355 e. The van der Waals surface area contributed by atoms with Gasteiger partial charge in [0, 0.05) is 21.0 Å². The molecule has 0 atom stereocenters. The minimum absolute atomic E-state index is 0.245. The van der Waals surface area contributed by atoms with E-state index in [2.05, 4.69) is 15.5 Å². The predicted octanol–water partition coefficient (Wildman–Crippen LogP) is 6.09. The SMILES string of the molecule is O=C(N/N=C\c1ccccc1OC(=O)c1sc2ccccc2c1Cl)c1ccc2ccccc2n1. The minimum Gasteiger partial charge on any atom is -0.422 e. The largest absolute Gasteiger partial charge is 0.422 e. The minimum atomic E-state index is -0.559. The molecule has 5 aromatic rings.